The molecule has 0 bridgehead atoms. The average molecular weight is 278 g/mol. The van der Waals surface area contributed by atoms with Gasteiger partial charge in [-0.15, -0.1) is 0 Å². The molecule has 2 N–H and O–H groups in total. The normalized spacial score (nSPS) is 9.95. The number of methoxy groups -OCH3 is 1. The first-order valence-electron chi connectivity index (χ1n) is 6.88. The molecule has 1 rings (SSSR count). The van der Waals surface area contributed by atoms with Crippen LogP contribution in [0.3, 0.4) is 0 Å². The Morgan fingerprint density at radius 3 is 2.60 bits per heavy atom. The van der Waals surface area contributed by atoms with Gasteiger partial charge in [-0.3, -0.25) is 0 Å². The van der Waals surface area contributed by atoms with Crippen LogP contribution in [-0.2, 0) is 11.2 Å². The van der Waals surface area contributed by atoms with Crippen LogP contribution >= 0.6 is 0 Å². The zero-order valence-corrected chi connectivity index (χ0v) is 12.3. The molecule has 5 nitrogen and oxygen atoms in total. The molecule has 0 aliphatic carbocycles. The maximum atomic E-state index is 11.8. The highest BCUT2D eigenvalue weighted by atomic mass is 16.5. The Kier molecular flexibility index (Phi) is 6.56. The van der Waals surface area contributed by atoms with Crippen molar-refractivity contribution in [3.8, 4) is 0 Å². The lowest BCUT2D eigenvalue weighted by molar-refractivity contribution is 0.0602. The average Bonchev–Trinajstić information content (AvgIpc) is 2.46. The van der Waals surface area contributed by atoms with Crippen LogP contribution in [0.25, 0.3) is 0 Å². The number of aryl methyl sites for hydroxylation is 1. The molecular formula is C15H22N2O3. The summed E-state index contributed by atoms with van der Waals surface area (Å²) in [6, 6.07) is 5.02. The molecule has 0 aliphatic heterocycles. The van der Waals surface area contributed by atoms with Crippen LogP contribution in [0, 0.1) is 0 Å². The molecule has 1 aromatic rings. The number of rotatable bonds is 6. The van der Waals surface area contributed by atoms with Crippen LogP contribution in [0.1, 0.15) is 42.6 Å². The number of carbonyl (C=O) groups excluding carboxylic acids is 2. The molecule has 0 heterocycles. The van der Waals surface area contributed by atoms with Crippen molar-refractivity contribution in [3.05, 3.63) is 29.3 Å². The van der Waals surface area contributed by atoms with Crippen molar-refractivity contribution in [1.29, 1.82) is 0 Å². The van der Waals surface area contributed by atoms with Gasteiger partial charge < -0.3 is 15.4 Å². The van der Waals surface area contributed by atoms with Crippen LogP contribution in [0.5, 0.6) is 0 Å². The molecule has 0 saturated heterocycles. The summed E-state index contributed by atoms with van der Waals surface area (Å²) in [6.45, 7) is 4.68. The van der Waals surface area contributed by atoms with Crippen LogP contribution in [-0.4, -0.2) is 25.7 Å². The van der Waals surface area contributed by atoms with E-state index in [2.05, 4.69) is 17.6 Å². The van der Waals surface area contributed by atoms with Gasteiger partial charge in [0.1, 0.15) is 0 Å². The lowest BCUT2D eigenvalue weighted by Crippen LogP contribution is -2.30. The lowest BCUT2D eigenvalue weighted by atomic mass is 10.1. The highest BCUT2D eigenvalue weighted by Gasteiger charge is 2.14. The molecule has 20 heavy (non-hydrogen) atoms. The Hall–Kier alpha value is -2.04. The largest absolute Gasteiger partial charge is 0.465 e. The minimum absolute atomic E-state index is 0.308. The van der Waals surface area contributed by atoms with Crippen molar-refractivity contribution in [2.75, 3.05) is 19.0 Å². The van der Waals surface area contributed by atoms with Crippen molar-refractivity contribution >= 4 is 17.7 Å². The van der Waals surface area contributed by atoms with E-state index < -0.39 is 5.97 Å². The standard InChI is InChI=1S/C15H22N2O3/c1-4-6-9-16-15(19)17-13-10-11(5-2)7-8-12(13)14(18)20-3/h7-8,10H,4-6,9H2,1-3H3,(H2,16,17,19). The van der Waals surface area contributed by atoms with Crippen LogP contribution in [0.15, 0.2) is 18.2 Å². The third-order valence-electron chi connectivity index (χ3n) is 2.96. The maximum Gasteiger partial charge on any atom is 0.339 e. The van der Waals surface area contributed by atoms with Gasteiger partial charge in [0.05, 0.1) is 18.4 Å². The summed E-state index contributed by atoms with van der Waals surface area (Å²) in [5.41, 5.74) is 1.88. The fourth-order valence-electron chi connectivity index (χ4n) is 1.75. The van der Waals surface area contributed by atoms with Gasteiger partial charge in [-0.25, -0.2) is 9.59 Å². The smallest absolute Gasteiger partial charge is 0.339 e. The van der Waals surface area contributed by atoms with Crippen molar-refractivity contribution < 1.29 is 14.3 Å². The number of esters is 1. The summed E-state index contributed by atoms with van der Waals surface area (Å²) in [7, 11) is 1.32. The number of nitrogens with one attached hydrogen (secondary N) is 2. The van der Waals surface area contributed by atoms with Gasteiger partial charge in [-0.1, -0.05) is 26.3 Å². The Morgan fingerprint density at radius 1 is 1.25 bits per heavy atom. The Labute approximate surface area is 119 Å². The maximum absolute atomic E-state index is 11.8. The van der Waals surface area contributed by atoms with E-state index in [9.17, 15) is 9.59 Å². The summed E-state index contributed by atoms with van der Waals surface area (Å²) in [4.78, 5) is 23.5. The van der Waals surface area contributed by atoms with E-state index in [1.54, 1.807) is 12.1 Å². The minimum Gasteiger partial charge on any atom is -0.465 e. The Balaban J connectivity index is 2.84. The number of hydrogen-bond donors (Lipinski definition) is 2. The minimum atomic E-state index is -0.462. The second-order valence-electron chi connectivity index (χ2n) is 4.46. The summed E-state index contributed by atoms with van der Waals surface area (Å²) >= 11 is 0. The predicted molar refractivity (Wildman–Crippen MR) is 79.1 cm³/mol. The topological polar surface area (TPSA) is 67.4 Å². The monoisotopic (exact) mass is 278 g/mol. The van der Waals surface area contributed by atoms with Crippen LogP contribution < -0.4 is 10.6 Å². The van der Waals surface area contributed by atoms with Gasteiger partial charge in [0.25, 0.3) is 0 Å². The predicted octanol–water partition coefficient (Wildman–Crippen LogP) is 2.96. The van der Waals surface area contributed by atoms with E-state index >= 15 is 0 Å². The third-order valence-corrected chi connectivity index (χ3v) is 2.96. The first kappa shape index (κ1) is 16.0. The summed E-state index contributed by atoms with van der Waals surface area (Å²) in [6.07, 6.45) is 2.76. The molecule has 2 amide bonds. The first-order chi connectivity index (χ1) is 9.62. The zero-order valence-electron chi connectivity index (χ0n) is 12.3. The second-order valence-corrected chi connectivity index (χ2v) is 4.46. The molecule has 0 spiro atoms. The number of benzene rings is 1. The van der Waals surface area contributed by atoms with Gasteiger partial charge in [0, 0.05) is 6.54 Å². The summed E-state index contributed by atoms with van der Waals surface area (Å²) in [5.74, 6) is -0.462. The molecule has 0 atom stereocenters. The molecule has 0 unspecified atom stereocenters. The van der Waals surface area contributed by atoms with E-state index in [0.29, 0.717) is 17.8 Å². The van der Waals surface area contributed by atoms with E-state index in [0.717, 1.165) is 24.8 Å². The molecular weight excluding hydrogens is 256 g/mol. The summed E-state index contributed by atoms with van der Waals surface area (Å²) in [5, 5.41) is 5.46. The Morgan fingerprint density at radius 2 is 2.00 bits per heavy atom. The summed E-state index contributed by atoms with van der Waals surface area (Å²) < 4.78 is 4.72. The van der Waals surface area contributed by atoms with E-state index in [1.165, 1.54) is 7.11 Å². The van der Waals surface area contributed by atoms with Crippen LogP contribution in [0.4, 0.5) is 10.5 Å². The van der Waals surface area contributed by atoms with Gasteiger partial charge in [-0.2, -0.15) is 0 Å². The second kappa shape index (κ2) is 8.19. The van der Waals surface area contributed by atoms with Gasteiger partial charge in [0.15, 0.2) is 0 Å². The van der Waals surface area contributed by atoms with Gasteiger partial charge in [-0.05, 0) is 30.5 Å². The highest BCUT2D eigenvalue weighted by molar-refractivity contribution is 6.00. The van der Waals surface area contributed by atoms with Crippen LogP contribution in [0.2, 0.25) is 0 Å². The van der Waals surface area contributed by atoms with Gasteiger partial charge in [0.2, 0.25) is 0 Å². The number of amides is 2. The number of hydrogen-bond acceptors (Lipinski definition) is 3. The van der Waals surface area contributed by atoms with Crippen molar-refractivity contribution in [3.63, 3.8) is 0 Å². The van der Waals surface area contributed by atoms with Crippen molar-refractivity contribution in [2.45, 2.75) is 33.1 Å². The molecule has 0 saturated carbocycles. The van der Waals surface area contributed by atoms with Crippen molar-refractivity contribution in [2.24, 2.45) is 0 Å². The molecule has 1 aromatic carbocycles. The molecule has 0 aromatic heterocycles. The third kappa shape index (κ3) is 4.57. The highest BCUT2D eigenvalue weighted by Crippen LogP contribution is 2.19. The fraction of sp³-hybridized carbons (Fsp3) is 0.467. The van der Waals surface area contributed by atoms with Gasteiger partial charge >= 0.3 is 12.0 Å². The Bertz CT molecular complexity index is 472. The number of carbonyl (C=O) groups is 2. The van der Waals surface area contributed by atoms with E-state index in [4.69, 9.17) is 4.74 Å². The molecule has 110 valence electrons. The van der Waals surface area contributed by atoms with E-state index in [-0.39, 0.29) is 6.03 Å². The number of urea groups is 1. The number of unbranched alkanes of at least 4 members (excludes halogenated alkanes) is 1. The first-order valence-corrected chi connectivity index (χ1v) is 6.88. The molecule has 0 aliphatic rings. The number of anilines is 1. The zero-order chi connectivity index (χ0) is 15.0. The van der Waals surface area contributed by atoms with E-state index in [1.807, 2.05) is 13.0 Å². The quantitative estimate of drug-likeness (QED) is 0.621. The molecule has 0 fully saturated rings. The van der Waals surface area contributed by atoms with Crippen molar-refractivity contribution in [1.82, 2.24) is 5.32 Å². The lowest BCUT2D eigenvalue weighted by Gasteiger charge is -2.12. The number of ether oxygens (including phenoxy) is 1. The SMILES string of the molecule is CCCCNC(=O)Nc1cc(CC)ccc1C(=O)OC. The molecule has 0 radical (unpaired) electrons. The molecule has 5 heteroatoms. The fourth-order valence-corrected chi connectivity index (χ4v) is 1.75.